The number of nitrogens with one attached hydrogen (secondary N) is 2. The zero-order valence-corrected chi connectivity index (χ0v) is 18.1. The number of hydrogen-bond acceptors (Lipinski definition) is 6. The predicted molar refractivity (Wildman–Crippen MR) is 119 cm³/mol. The number of anilines is 1. The fourth-order valence-corrected chi connectivity index (χ4v) is 3.17. The Labute approximate surface area is 174 Å². The van der Waals surface area contributed by atoms with E-state index in [0.717, 1.165) is 47.6 Å². The number of nitrogens with zero attached hydrogens (tertiary/aromatic N) is 4. The number of aryl methyl sites for hydroxylation is 2. The minimum atomic E-state index is -0.357. The minimum absolute atomic E-state index is 0. The Hall–Kier alpha value is -2.90. The van der Waals surface area contributed by atoms with Crippen molar-refractivity contribution in [1.82, 2.24) is 24.9 Å². The van der Waals surface area contributed by atoms with Crippen molar-refractivity contribution in [2.24, 2.45) is 5.41 Å². The Morgan fingerprint density at radius 2 is 1.90 bits per heavy atom. The van der Waals surface area contributed by atoms with Gasteiger partial charge in [-0.3, -0.25) is 9.20 Å². The second-order valence-corrected chi connectivity index (χ2v) is 8.32. The first-order valence-electron chi connectivity index (χ1n) is 9.94. The first kappa shape index (κ1) is 20.8. The quantitative estimate of drug-likeness (QED) is 0.585. The summed E-state index contributed by atoms with van der Waals surface area (Å²) >= 11 is 0. The van der Waals surface area contributed by atoms with Crippen LogP contribution in [0.25, 0.3) is 16.7 Å². The molecule has 160 valence electrons. The summed E-state index contributed by atoms with van der Waals surface area (Å²) in [4.78, 5) is 16.7. The van der Waals surface area contributed by atoms with Crippen LogP contribution in [0.4, 0.5) is 5.82 Å². The molecule has 8 nitrogen and oxygen atoms in total. The molecule has 0 saturated carbocycles. The SMILES string of the molecule is COc1cc2nc(NCCCCNC(=O)C(C)(C)C)c3nnc(C)n3c2cc1C.[HH].[HH]. The summed E-state index contributed by atoms with van der Waals surface area (Å²) in [7, 11) is 1.66. The highest BCUT2D eigenvalue weighted by Gasteiger charge is 2.20. The standard InChI is InChI=1S/C21H30N6O2.2H2/c1-13-11-16-15(12-17(13)29-6)24-18(19-26-25-14(2)27(16)19)22-9-7-8-10-23-20(28)21(3,4)5;;/h11-12H,7-10H2,1-6H3,(H,22,24)(H,23,28);2*1H. The van der Waals surface area contributed by atoms with Crippen LogP contribution < -0.4 is 15.4 Å². The maximum atomic E-state index is 11.9. The molecular formula is C21H34N6O2. The topological polar surface area (TPSA) is 93.4 Å². The van der Waals surface area contributed by atoms with Crippen LogP contribution in [0, 0.1) is 19.3 Å². The monoisotopic (exact) mass is 402 g/mol. The summed E-state index contributed by atoms with van der Waals surface area (Å²) in [6, 6.07) is 3.99. The van der Waals surface area contributed by atoms with E-state index >= 15 is 0 Å². The summed E-state index contributed by atoms with van der Waals surface area (Å²) in [6.45, 7) is 11.1. The second-order valence-electron chi connectivity index (χ2n) is 8.32. The number of rotatable bonds is 7. The third kappa shape index (κ3) is 4.41. The molecule has 0 aliphatic carbocycles. The molecule has 0 aliphatic heterocycles. The van der Waals surface area contributed by atoms with Crippen LogP contribution in [0.2, 0.25) is 0 Å². The highest BCUT2D eigenvalue weighted by atomic mass is 16.5. The van der Waals surface area contributed by atoms with E-state index in [-0.39, 0.29) is 14.2 Å². The number of methoxy groups -OCH3 is 1. The van der Waals surface area contributed by atoms with Crippen LogP contribution in [0.3, 0.4) is 0 Å². The molecule has 1 amide bonds. The van der Waals surface area contributed by atoms with E-state index in [2.05, 4.69) is 20.8 Å². The maximum Gasteiger partial charge on any atom is 0.225 e. The van der Waals surface area contributed by atoms with Gasteiger partial charge in [0, 0.05) is 27.4 Å². The van der Waals surface area contributed by atoms with Crippen LogP contribution in [0.1, 0.15) is 47.9 Å². The van der Waals surface area contributed by atoms with Crippen LogP contribution >= 0.6 is 0 Å². The number of amides is 1. The molecule has 0 radical (unpaired) electrons. The lowest BCUT2D eigenvalue weighted by atomic mass is 9.96. The Morgan fingerprint density at radius 3 is 2.59 bits per heavy atom. The normalized spacial score (nSPS) is 11.8. The van der Waals surface area contributed by atoms with Crippen LogP contribution in [0.5, 0.6) is 5.75 Å². The first-order valence-corrected chi connectivity index (χ1v) is 9.94. The molecule has 0 aliphatic rings. The third-order valence-electron chi connectivity index (χ3n) is 4.86. The van der Waals surface area contributed by atoms with E-state index in [9.17, 15) is 4.79 Å². The molecule has 0 unspecified atom stereocenters. The zero-order chi connectivity index (χ0) is 21.2. The molecule has 2 heterocycles. The van der Waals surface area contributed by atoms with Gasteiger partial charge in [0.15, 0.2) is 5.82 Å². The lowest BCUT2D eigenvalue weighted by molar-refractivity contribution is -0.128. The molecule has 0 spiro atoms. The van der Waals surface area contributed by atoms with E-state index in [1.165, 1.54) is 0 Å². The van der Waals surface area contributed by atoms with Crippen LogP contribution in [0.15, 0.2) is 12.1 Å². The molecule has 0 fully saturated rings. The summed E-state index contributed by atoms with van der Waals surface area (Å²) in [5.41, 5.74) is 3.16. The highest BCUT2D eigenvalue weighted by Crippen LogP contribution is 2.28. The van der Waals surface area contributed by atoms with Crippen molar-refractivity contribution in [3.63, 3.8) is 0 Å². The van der Waals surface area contributed by atoms with E-state index in [4.69, 9.17) is 9.72 Å². The van der Waals surface area contributed by atoms with E-state index in [1.807, 2.05) is 51.2 Å². The molecule has 0 bridgehead atoms. The van der Waals surface area contributed by atoms with Gasteiger partial charge >= 0.3 is 0 Å². The lowest BCUT2D eigenvalue weighted by Crippen LogP contribution is -2.35. The largest absolute Gasteiger partial charge is 0.496 e. The molecule has 0 saturated heterocycles. The van der Waals surface area contributed by atoms with Crippen molar-refractivity contribution in [2.75, 3.05) is 25.5 Å². The van der Waals surface area contributed by atoms with E-state index < -0.39 is 0 Å². The maximum absolute atomic E-state index is 11.9. The van der Waals surface area contributed by atoms with Gasteiger partial charge in [-0.25, -0.2) is 4.98 Å². The number of aromatic nitrogens is 4. The van der Waals surface area contributed by atoms with Gasteiger partial charge in [-0.2, -0.15) is 0 Å². The molecule has 2 N–H and O–H groups in total. The van der Waals surface area contributed by atoms with Crippen molar-refractivity contribution >= 4 is 28.4 Å². The Kier molecular flexibility index (Phi) is 5.91. The van der Waals surface area contributed by atoms with Crippen molar-refractivity contribution < 1.29 is 12.4 Å². The number of unbranched alkanes of at least 4 members (excludes halogenated alkanes) is 1. The Bertz CT molecular complexity index is 1050. The van der Waals surface area contributed by atoms with Gasteiger partial charge in [-0.1, -0.05) is 20.8 Å². The number of ether oxygens (including phenoxy) is 1. The van der Waals surface area contributed by atoms with Crippen molar-refractivity contribution in [3.8, 4) is 5.75 Å². The molecule has 3 rings (SSSR count). The summed E-state index contributed by atoms with van der Waals surface area (Å²) in [5.74, 6) is 2.38. The summed E-state index contributed by atoms with van der Waals surface area (Å²) in [6.07, 6.45) is 1.79. The van der Waals surface area contributed by atoms with Gasteiger partial charge < -0.3 is 15.4 Å². The highest BCUT2D eigenvalue weighted by molar-refractivity contribution is 5.85. The number of hydrogen-bond donors (Lipinski definition) is 2. The fraction of sp³-hybridized carbons (Fsp3) is 0.524. The zero-order valence-electron chi connectivity index (χ0n) is 18.1. The minimum Gasteiger partial charge on any atom is -0.496 e. The average Bonchev–Trinajstić information content (AvgIpc) is 3.05. The lowest BCUT2D eigenvalue weighted by Gasteiger charge is -2.17. The van der Waals surface area contributed by atoms with E-state index in [1.54, 1.807) is 7.11 Å². The molecule has 29 heavy (non-hydrogen) atoms. The summed E-state index contributed by atoms with van der Waals surface area (Å²) < 4.78 is 7.46. The molecule has 0 atom stereocenters. The molecule has 3 aromatic rings. The van der Waals surface area contributed by atoms with Crippen molar-refractivity contribution in [3.05, 3.63) is 23.5 Å². The van der Waals surface area contributed by atoms with Crippen molar-refractivity contribution in [2.45, 2.75) is 47.5 Å². The Balaban J connectivity index is 0.00000240. The third-order valence-corrected chi connectivity index (χ3v) is 4.86. The fourth-order valence-electron chi connectivity index (χ4n) is 3.17. The molecule has 8 heteroatoms. The number of fused-ring (bicyclic) bond motifs is 3. The van der Waals surface area contributed by atoms with Gasteiger partial charge in [-0.05, 0) is 38.3 Å². The first-order chi connectivity index (χ1) is 13.7. The van der Waals surface area contributed by atoms with Crippen LogP contribution in [-0.2, 0) is 4.79 Å². The molecule has 1 aromatic carbocycles. The number of carbonyl (C=O) groups excluding carboxylic acids is 1. The van der Waals surface area contributed by atoms with Crippen LogP contribution in [-0.4, -0.2) is 45.7 Å². The van der Waals surface area contributed by atoms with Gasteiger partial charge in [-0.15, -0.1) is 10.2 Å². The average molecular weight is 403 g/mol. The predicted octanol–water partition coefficient (Wildman–Crippen LogP) is 3.75. The smallest absolute Gasteiger partial charge is 0.225 e. The van der Waals surface area contributed by atoms with Gasteiger partial charge in [0.05, 0.1) is 18.1 Å². The Morgan fingerprint density at radius 1 is 1.17 bits per heavy atom. The van der Waals surface area contributed by atoms with Gasteiger partial charge in [0.2, 0.25) is 11.6 Å². The van der Waals surface area contributed by atoms with Crippen molar-refractivity contribution in [1.29, 1.82) is 0 Å². The number of carbonyl (C=O) groups is 1. The van der Waals surface area contributed by atoms with E-state index in [0.29, 0.717) is 18.0 Å². The molecule has 2 aromatic heterocycles. The second kappa shape index (κ2) is 8.23. The van der Waals surface area contributed by atoms with Gasteiger partial charge in [0.1, 0.15) is 11.6 Å². The van der Waals surface area contributed by atoms with Gasteiger partial charge in [0.25, 0.3) is 0 Å². The molecular weight excluding hydrogens is 368 g/mol. The number of benzene rings is 1. The summed E-state index contributed by atoms with van der Waals surface area (Å²) in [5, 5.41) is 14.9.